The van der Waals surface area contributed by atoms with Gasteiger partial charge >= 0.3 is 0 Å². The average molecular weight is 351 g/mol. The zero-order valence-corrected chi connectivity index (χ0v) is 14.2. The van der Waals surface area contributed by atoms with E-state index in [-0.39, 0.29) is 5.69 Å². The van der Waals surface area contributed by atoms with Crippen LogP contribution >= 0.6 is 0 Å². The van der Waals surface area contributed by atoms with Crippen LogP contribution in [0.2, 0.25) is 0 Å². The van der Waals surface area contributed by atoms with Gasteiger partial charge in [0.1, 0.15) is 12.4 Å². The predicted octanol–water partition coefficient (Wildman–Crippen LogP) is 4.67. The first-order chi connectivity index (χ1) is 12.7. The van der Waals surface area contributed by atoms with Gasteiger partial charge in [-0.25, -0.2) is 4.39 Å². The minimum absolute atomic E-state index is 0.126. The molecule has 0 aromatic heterocycles. The molecule has 0 saturated carbocycles. The van der Waals surface area contributed by atoms with Crippen LogP contribution in [0.3, 0.4) is 0 Å². The summed E-state index contributed by atoms with van der Waals surface area (Å²) in [5.74, 6) is 0.0412. The summed E-state index contributed by atoms with van der Waals surface area (Å²) in [5.41, 5.74) is 1.49. The molecular formula is C21H18FNO3. The van der Waals surface area contributed by atoms with Crippen molar-refractivity contribution in [3.63, 3.8) is 0 Å². The van der Waals surface area contributed by atoms with Gasteiger partial charge in [-0.2, -0.15) is 0 Å². The highest BCUT2D eigenvalue weighted by atomic mass is 19.1. The highest BCUT2D eigenvalue weighted by Crippen LogP contribution is 2.29. The lowest BCUT2D eigenvalue weighted by Crippen LogP contribution is -2.13. The molecule has 0 radical (unpaired) electrons. The highest BCUT2D eigenvalue weighted by Gasteiger charge is 2.13. The monoisotopic (exact) mass is 351 g/mol. The molecule has 5 heteroatoms. The number of hydrogen-bond donors (Lipinski definition) is 1. The minimum atomic E-state index is -0.490. The fourth-order valence-corrected chi connectivity index (χ4v) is 2.42. The van der Waals surface area contributed by atoms with E-state index in [2.05, 4.69) is 5.32 Å². The maximum absolute atomic E-state index is 13.7. The third-order valence-corrected chi connectivity index (χ3v) is 3.79. The minimum Gasteiger partial charge on any atom is -0.493 e. The molecule has 0 bridgehead atoms. The van der Waals surface area contributed by atoms with Crippen molar-refractivity contribution < 1.29 is 18.7 Å². The molecule has 26 heavy (non-hydrogen) atoms. The van der Waals surface area contributed by atoms with Gasteiger partial charge in [0.2, 0.25) is 0 Å². The Morgan fingerprint density at radius 3 is 2.42 bits per heavy atom. The van der Waals surface area contributed by atoms with Gasteiger partial charge in [-0.3, -0.25) is 4.79 Å². The zero-order valence-electron chi connectivity index (χ0n) is 14.2. The molecule has 3 aromatic carbocycles. The van der Waals surface area contributed by atoms with Crippen LogP contribution in [-0.2, 0) is 6.61 Å². The van der Waals surface area contributed by atoms with Gasteiger partial charge in [0, 0.05) is 5.56 Å². The molecule has 3 aromatic rings. The lowest BCUT2D eigenvalue weighted by atomic mass is 10.1. The van der Waals surface area contributed by atoms with E-state index in [1.807, 2.05) is 30.3 Å². The van der Waals surface area contributed by atoms with Crippen LogP contribution in [0.4, 0.5) is 10.1 Å². The number of rotatable bonds is 6. The van der Waals surface area contributed by atoms with Crippen LogP contribution < -0.4 is 14.8 Å². The Bertz CT molecular complexity index is 897. The lowest BCUT2D eigenvalue weighted by molar-refractivity contribution is 0.102. The number of halogens is 1. The smallest absolute Gasteiger partial charge is 0.255 e. The fourth-order valence-electron chi connectivity index (χ4n) is 2.42. The normalized spacial score (nSPS) is 10.2. The predicted molar refractivity (Wildman–Crippen MR) is 98.1 cm³/mol. The van der Waals surface area contributed by atoms with Gasteiger partial charge in [-0.05, 0) is 35.9 Å². The van der Waals surface area contributed by atoms with E-state index in [0.717, 1.165) is 5.56 Å². The molecule has 4 nitrogen and oxygen atoms in total. The molecule has 1 N–H and O–H groups in total. The molecule has 0 heterocycles. The molecular weight excluding hydrogens is 333 g/mol. The van der Waals surface area contributed by atoms with Gasteiger partial charge in [-0.1, -0.05) is 42.5 Å². The molecule has 0 aliphatic carbocycles. The first-order valence-electron chi connectivity index (χ1n) is 8.08. The van der Waals surface area contributed by atoms with E-state index < -0.39 is 11.7 Å². The summed E-state index contributed by atoms with van der Waals surface area (Å²) in [6, 6.07) is 20.6. The summed E-state index contributed by atoms with van der Waals surface area (Å²) in [6.45, 7) is 0.387. The molecule has 1 amide bonds. The van der Waals surface area contributed by atoms with Crippen LogP contribution in [0.25, 0.3) is 0 Å². The Morgan fingerprint density at radius 2 is 1.69 bits per heavy atom. The molecule has 0 aliphatic rings. The average Bonchev–Trinajstić information content (AvgIpc) is 2.68. The van der Waals surface area contributed by atoms with Crippen molar-refractivity contribution >= 4 is 11.6 Å². The Morgan fingerprint density at radius 1 is 0.962 bits per heavy atom. The molecule has 3 rings (SSSR count). The van der Waals surface area contributed by atoms with Crippen LogP contribution in [0, 0.1) is 5.82 Å². The van der Waals surface area contributed by atoms with Crippen molar-refractivity contribution in [2.24, 2.45) is 0 Å². The van der Waals surface area contributed by atoms with Crippen molar-refractivity contribution in [2.45, 2.75) is 6.61 Å². The third kappa shape index (κ3) is 4.19. The van der Waals surface area contributed by atoms with Crippen molar-refractivity contribution in [1.29, 1.82) is 0 Å². The lowest BCUT2D eigenvalue weighted by Gasteiger charge is -2.12. The standard InChI is InChI=1S/C21H18FNO3/c1-25-20-13-16(21(24)23-18-10-6-5-9-17(18)22)11-12-19(20)26-14-15-7-3-2-4-8-15/h2-13H,14H2,1H3,(H,23,24). The van der Waals surface area contributed by atoms with Crippen LogP contribution in [0.5, 0.6) is 11.5 Å². The maximum atomic E-state index is 13.7. The van der Waals surface area contributed by atoms with Crippen LogP contribution in [-0.4, -0.2) is 13.0 Å². The van der Waals surface area contributed by atoms with Gasteiger partial charge in [0.25, 0.3) is 5.91 Å². The Labute approximate surface area is 151 Å². The third-order valence-electron chi connectivity index (χ3n) is 3.79. The zero-order chi connectivity index (χ0) is 18.4. The second-order valence-corrected chi connectivity index (χ2v) is 5.57. The number of carbonyl (C=O) groups excluding carboxylic acids is 1. The van der Waals surface area contributed by atoms with E-state index >= 15 is 0 Å². The first-order valence-corrected chi connectivity index (χ1v) is 8.08. The Kier molecular flexibility index (Phi) is 5.49. The number of anilines is 1. The SMILES string of the molecule is COc1cc(C(=O)Nc2ccccc2F)ccc1OCc1ccccc1. The number of ether oxygens (including phenoxy) is 2. The second-order valence-electron chi connectivity index (χ2n) is 5.57. The number of benzene rings is 3. The first kappa shape index (κ1) is 17.5. The Hall–Kier alpha value is -3.34. The summed E-state index contributed by atoms with van der Waals surface area (Å²) in [4.78, 5) is 12.4. The maximum Gasteiger partial charge on any atom is 0.255 e. The summed E-state index contributed by atoms with van der Waals surface area (Å²) in [7, 11) is 1.50. The summed E-state index contributed by atoms with van der Waals surface area (Å²) >= 11 is 0. The molecule has 0 aliphatic heterocycles. The molecule has 0 spiro atoms. The van der Waals surface area contributed by atoms with Crippen molar-refractivity contribution in [3.8, 4) is 11.5 Å². The van der Waals surface area contributed by atoms with E-state index in [1.54, 1.807) is 30.3 Å². The largest absolute Gasteiger partial charge is 0.493 e. The van der Waals surface area contributed by atoms with Crippen LogP contribution in [0.15, 0.2) is 72.8 Å². The number of nitrogens with one attached hydrogen (secondary N) is 1. The highest BCUT2D eigenvalue weighted by molar-refractivity contribution is 6.04. The molecule has 0 atom stereocenters. The molecule has 0 unspecified atom stereocenters. The number of para-hydroxylation sites is 1. The van der Waals surface area contributed by atoms with E-state index in [0.29, 0.717) is 23.7 Å². The van der Waals surface area contributed by atoms with E-state index in [4.69, 9.17) is 9.47 Å². The summed E-state index contributed by atoms with van der Waals surface area (Å²) in [5, 5.41) is 2.54. The number of methoxy groups -OCH3 is 1. The van der Waals surface area contributed by atoms with Crippen molar-refractivity contribution in [3.05, 3.63) is 89.7 Å². The quantitative estimate of drug-likeness (QED) is 0.702. The number of hydrogen-bond acceptors (Lipinski definition) is 3. The molecule has 132 valence electrons. The topological polar surface area (TPSA) is 47.6 Å². The van der Waals surface area contributed by atoms with E-state index in [1.165, 1.54) is 19.2 Å². The number of amides is 1. The van der Waals surface area contributed by atoms with Gasteiger partial charge in [-0.15, -0.1) is 0 Å². The van der Waals surface area contributed by atoms with Gasteiger partial charge in [0.15, 0.2) is 11.5 Å². The number of carbonyl (C=O) groups is 1. The Balaban J connectivity index is 1.73. The van der Waals surface area contributed by atoms with Gasteiger partial charge in [0.05, 0.1) is 12.8 Å². The molecule has 0 fully saturated rings. The second kappa shape index (κ2) is 8.16. The van der Waals surface area contributed by atoms with Gasteiger partial charge < -0.3 is 14.8 Å². The van der Waals surface area contributed by atoms with Crippen molar-refractivity contribution in [2.75, 3.05) is 12.4 Å². The molecule has 0 saturated heterocycles. The van der Waals surface area contributed by atoms with Crippen molar-refractivity contribution in [1.82, 2.24) is 0 Å². The summed E-state index contributed by atoms with van der Waals surface area (Å²) in [6.07, 6.45) is 0. The van der Waals surface area contributed by atoms with E-state index in [9.17, 15) is 9.18 Å². The van der Waals surface area contributed by atoms with Crippen LogP contribution in [0.1, 0.15) is 15.9 Å². The fraction of sp³-hybridized carbons (Fsp3) is 0.0952. The summed E-state index contributed by atoms with van der Waals surface area (Å²) < 4.78 is 24.8.